The number of aliphatic hydroxyl groups is 1. The highest BCUT2D eigenvalue weighted by Crippen LogP contribution is 2.13. The first-order valence-electron chi connectivity index (χ1n) is 5.95. The third kappa shape index (κ3) is 6.44. The van der Waals surface area contributed by atoms with Crippen LogP contribution in [0.3, 0.4) is 0 Å². The molecule has 0 saturated heterocycles. The second-order valence-electron chi connectivity index (χ2n) is 3.96. The van der Waals surface area contributed by atoms with Gasteiger partial charge < -0.3 is 25.1 Å². The molecule has 0 heterocycles. The summed E-state index contributed by atoms with van der Waals surface area (Å²) < 4.78 is 15.6. The van der Waals surface area contributed by atoms with Gasteiger partial charge >= 0.3 is 0 Å². The zero-order valence-electron chi connectivity index (χ0n) is 10.7. The largest absolute Gasteiger partial charge is 0.491 e. The van der Waals surface area contributed by atoms with Gasteiger partial charge in [-0.3, -0.25) is 0 Å². The van der Waals surface area contributed by atoms with Crippen LogP contribution in [0.5, 0.6) is 5.75 Å². The number of nitrogen functional groups attached to an aromatic ring is 1. The number of aliphatic hydroxyl groups excluding tert-OH is 1. The molecule has 0 saturated carbocycles. The second-order valence-corrected chi connectivity index (χ2v) is 3.96. The van der Waals surface area contributed by atoms with Gasteiger partial charge in [-0.1, -0.05) is 0 Å². The molecule has 1 rings (SSSR count). The molecule has 0 amide bonds. The van der Waals surface area contributed by atoms with Crippen molar-refractivity contribution in [1.82, 2.24) is 0 Å². The molecular formula is C13H21NO4. The maximum absolute atomic E-state index is 9.62. The van der Waals surface area contributed by atoms with E-state index in [9.17, 15) is 5.11 Å². The van der Waals surface area contributed by atoms with Crippen LogP contribution in [0.1, 0.15) is 6.42 Å². The first-order valence-corrected chi connectivity index (χ1v) is 5.95. The quantitative estimate of drug-likeness (QED) is 0.510. The van der Waals surface area contributed by atoms with Gasteiger partial charge in [0.25, 0.3) is 0 Å². The van der Waals surface area contributed by atoms with Crippen LogP contribution in [0.15, 0.2) is 24.3 Å². The summed E-state index contributed by atoms with van der Waals surface area (Å²) in [5.74, 6) is 0.683. The fraction of sp³-hybridized carbons (Fsp3) is 0.538. The van der Waals surface area contributed by atoms with E-state index in [2.05, 4.69) is 0 Å². The number of hydrogen-bond donors (Lipinski definition) is 2. The van der Waals surface area contributed by atoms with Crippen LogP contribution in [0.2, 0.25) is 0 Å². The highest BCUT2D eigenvalue weighted by Gasteiger charge is 2.05. The van der Waals surface area contributed by atoms with Gasteiger partial charge in [0.2, 0.25) is 0 Å². The van der Waals surface area contributed by atoms with Crippen LogP contribution in [0.4, 0.5) is 5.69 Å². The molecular weight excluding hydrogens is 234 g/mol. The molecule has 0 bridgehead atoms. The van der Waals surface area contributed by atoms with E-state index in [1.165, 1.54) is 0 Å². The fourth-order valence-electron chi connectivity index (χ4n) is 1.33. The minimum Gasteiger partial charge on any atom is -0.491 e. The SMILES string of the molecule is COCCCOCC(O)COc1ccc(N)cc1. The molecule has 5 heteroatoms. The number of anilines is 1. The average molecular weight is 255 g/mol. The smallest absolute Gasteiger partial charge is 0.119 e. The van der Waals surface area contributed by atoms with Gasteiger partial charge in [0.15, 0.2) is 0 Å². The second kappa shape index (κ2) is 8.74. The third-order valence-corrected chi connectivity index (χ3v) is 2.27. The molecule has 1 atom stereocenters. The zero-order valence-corrected chi connectivity index (χ0v) is 10.7. The molecule has 102 valence electrons. The zero-order chi connectivity index (χ0) is 13.2. The van der Waals surface area contributed by atoms with Gasteiger partial charge in [0.05, 0.1) is 6.61 Å². The van der Waals surface area contributed by atoms with Crippen LogP contribution in [0, 0.1) is 0 Å². The van der Waals surface area contributed by atoms with Crippen LogP contribution in [0.25, 0.3) is 0 Å². The van der Waals surface area contributed by atoms with E-state index in [0.29, 0.717) is 24.7 Å². The standard InChI is InChI=1S/C13H21NO4/c1-16-7-2-8-17-9-12(15)10-18-13-5-3-11(14)4-6-13/h3-6,12,15H,2,7-10,14H2,1H3. The fourth-order valence-corrected chi connectivity index (χ4v) is 1.33. The van der Waals surface area contributed by atoms with Gasteiger partial charge in [-0.15, -0.1) is 0 Å². The summed E-state index contributed by atoms with van der Waals surface area (Å²) in [7, 11) is 1.65. The maximum atomic E-state index is 9.62. The van der Waals surface area contributed by atoms with Crippen LogP contribution >= 0.6 is 0 Å². The number of nitrogens with two attached hydrogens (primary N) is 1. The molecule has 3 N–H and O–H groups in total. The Bertz CT molecular complexity index is 315. The van der Waals surface area contributed by atoms with E-state index < -0.39 is 6.10 Å². The van der Waals surface area contributed by atoms with Crippen molar-refractivity contribution < 1.29 is 19.3 Å². The highest BCUT2D eigenvalue weighted by molar-refractivity contribution is 5.41. The minimum atomic E-state index is -0.634. The first kappa shape index (κ1) is 14.8. The van der Waals surface area contributed by atoms with Gasteiger partial charge in [0, 0.05) is 26.0 Å². The minimum absolute atomic E-state index is 0.203. The molecule has 1 aromatic rings. The molecule has 0 radical (unpaired) electrons. The summed E-state index contributed by atoms with van der Waals surface area (Å²) in [5.41, 5.74) is 6.24. The Morgan fingerprint density at radius 1 is 1.17 bits per heavy atom. The Morgan fingerprint density at radius 3 is 2.56 bits per heavy atom. The van der Waals surface area contributed by atoms with Crippen LogP contribution in [-0.2, 0) is 9.47 Å². The highest BCUT2D eigenvalue weighted by atomic mass is 16.5. The summed E-state index contributed by atoms with van der Waals surface area (Å²) in [5, 5.41) is 9.62. The number of hydrogen-bond acceptors (Lipinski definition) is 5. The molecule has 0 aliphatic carbocycles. The van der Waals surface area contributed by atoms with Crippen LogP contribution in [-0.4, -0.2) is 44.7 Å². The van der Waals surface area contributed by atoms with Crippen molar-refractivity contribution in [2.24, 2.45) is 0 Å². The predicted octanol–water partition coefficient (Wildman–Crippen LogP) is 1.06. The van der Waals surface area contributed by atoms with Crippen molar-refractivity contribution in [1.29, 1.82) is 0 Å². The number of rotatable bonds is 9. The van der Waals surface area contributed by atoms with Gasteiger partial charge in [0.1, 0.15) is 18.5 Å². The molecule has 0 aromatic heterocycles. The lowest BCUT2D eigenvalue weighted by molar-refractivity contribution is 0.00682. The third-order valence-electron chi connectivity index (χ3n) is 2.27. The molecule has 1 unspecified atom stereocenters. The molecule has 18 heavy (non-hydrogen) atoms. The molecule has 0 spiro atoms. The predicted molar refractivity (Wildman–Crippen MR) is 69.7 cm³/mol. The summed E-state index contributed by atoms with van der Waals surface area (Å²) in [6.07, 6.45) is 0.187. The Morgan fingerprint density at radius 2 is 1.89 bits per heavy atom. The topological polar surface area (TPSA) is 73.9 Å². The van der Waals surface area contributed by atoms with Gasteiger partial charge in [-0.25, -0.2) is 0 Å². The van der Waals surface area contributed by atoms with E-state index >= 15 is 0 Å². The van der Waals surface area contributed by atoms with E-state index in [4.69, 9.17) is 19.9 Å². The first-order chi connectivity index (χ1) is 8.72. The van der Waals surface area contributed by atoms with Crippen molar-refractivity contribution in [3.8, 4) is 5.75 Å². The molecule has 0 aliphatic heterocycles. The lowest BCUT2D eigenvalue weighted by atomic mass is 10.3. The van der Waals surface area contributed by atoms with E-state index in [-0.39, 0.29) is 13.2 Å². The summed E-state index contributed by atoms with van der Waals surface area (Å²) in [4.78, 5) is 0. The maximum Gasteiger partial charge on any atom is 0.119 e. The lowest BCUT2D eigenvalue weighted by Crippen LogP contribution is -2.23. The molecule has 1 aromatic carbocycles. The Kier molecular flexibility index (Phi) is 7.17. The Hall–Kier alpha value is -1.30. The van der Waals surface area contributed by atoms with E-state index in [1.807, 2.05) is 0 Å². The summed E-state index contributed by atoms with van der Waals surface area (Å²) in [6.45, 7) is 1.71. The van der Waals surface area contributed by atoms with Gasteiger partial charge in [-0.2, -0.15) is 0 Å². The summed E-state index contributed by atoms with van der Waals surface area (Å²) in [6, 6.07) is 7.04. The molecule has 0 aliphatic rings. The molecule has 0 fully saturated rings. The van der Waals surface area contributed by atoms with E-state index in [0.717, 1.165) is 6.42 Å². The normalized spacial score (nSPS) is 12.3. The number of ether oxygens (including phenoxy) is 3. The van der Waals surface area contributed by atoms with Crippen molar-refractivity contribution >= 4 is 5.69 Å². The van der Waals surface area contributed by atoms with Crippen LogP contribution < -0.4 is 10.5 Å². The average Bonchev–Trinajstić information content (AvgIpc) is 2.38. The van der Waals surface area contributed by atoms with Crippen molar-refractivity contribution in [3.63, 3.8) is 0 Å². The lowest BCUT2D eigenvalue weighted by Gasteiger charge is -2.12. The van der Waals surface area contributed by atoms with Gasteiger partial charge in [-0.05, 0) is 30.7 Å². The van der Waals surface area contributed by atoms with E-state index in [1.54, 1.807) is 31.4 Å². The van der Waals surface area contributed by atoms with Crippen molar-refractivity contribution in [2.75, 3.05) is 39.3 Å². The van der Waals surface area contributed by atoms with Crippen molar-refractivity contribution in [2.45, 2.75) is 12.5 Å². The van der Waals surface area contributed by atoms with Crippen molar-refractivity contribution in [3.05, 3.63) is 24.3 Å². The summed E-state index contributed by atoms with van der Waals surface area (Å²) >= 11 is 0. The Balaban J connectivity index is 2.09. The number of methoxy groups -OCH3 is 1. The molecule has 5 nitrogen and oxygen atoms in total. The number of benzene rings is 1. The Labute approximate surface area is 107 Å². The monoisotopic (exact) mass is 255 g/mol.